The van der Waals surface area contributed by atoms with Gasteiger partial charge in [0.2, 0.25) is 5.95 Å². The van der Waals surface area contributed by atoms with E-state index >= 15 is 0 Å². The molecule has 1 aromatic rings. The normalized spacial score (nSPS) is 11.1. The third kappa shape index (κ3) is 1.23. The van der Waals surface area contributed by atoms with Crippen LogP contribution in [0.1, 0.15) is 12.5 Å². The summed E-state index contributed by atoms with van der Waals surface area (Å²) in [6.07, 6.45) is 5.10. The highest BCUT2D eigenvalue weighted by Crippen LogP contribution is 2.05. The van der Waals surface area contributed by atoms with Crippen LogP contribution >= 0.6 is 0 Å². The molecule has 0 spiro atoms. The Morgan fingerprint density at radius 3 is 2.80 bits per heavy atom. The highest BCUT2D eigenvalue weighted by molar-refractivity contribution is 5.46. The first kappa shape index (κ1) is 6.99. The van der Waals surface area contributed by atoms with Crippen LogP contribution in [0.4, 0.5) is 4.39 Å². The summed E-state index contributed by atoms with van der Waals surface area (Å²) in [6, 6.07) is 0. The Labute approximate surface area is 59.0 Å². The van der Waals surface area contributed by atoms with Crippen LogP contribution in [0.15, 0.2) is 12.3 Å². The molecule has 0 amide bonds. The van der Waals surface area contributed by atoms with Crippen molar-refractivity contribution in [3.63, 3.8) is 0 Å². The zero-order valence-electron chi connectivity index (χ0n) is 6.00. The van der Waals surface area contributed by atoms with Crippen LogP contribution < -0.4 is 0 Å². The lowest BCUT2D eigenvalue weighted by molar-refractivity contribution is 0.552. The average Bonchev–Trinajstić information content (AvgIpc) is 2.13. The van der Waals surface area contributed by atoms with Crippen LogP contribution in [0.25, 0.3) is 6.08 Å². The Balaban J connectivity index is 3.03. The number of halogens is 1. The molecule has 10 heavy (non-hydrogen) atoms. The van der Waals surface area contributed by atoms with Crippen molar-refractivity contribution >= 4 is 6.08 Å². The van der Waals surface area contributed by atoms with Crippen molar-refractivity contribution in [3.8, 4) is 0 Å². The van der Waals surface area contributed by atoms with Crippen LogP contribution in [0.3, 0.4) is 0 Å². The van der Waals surface area contributed by atoms with Crippen LogP contribution in [-0.2, 0) is 7.05 Å². The maximum Gasteiger partial charge on any atom is 0.239 e. The van der Waals surface area contributed by atoms with Gasteiger partial charge in [0.05, 0.1) is 0 Å². The maximum atomic E-state index is 12.6. The minimum atomic E-state index is -0.416. The number of aromatic nitrogens is 2. The van der Waals surface area contributed by atoms with Crippen LogP contribution in [-0.4, -0.2) is 9.78 Å². The number of hydrogen-bond acceptors (Lipinski definition) is 1. The van der Waals surface area contributed by atoms with Gasteiger partial charge in [-0.1, -0.05) is 12.2 Å². The highest BCUT2D eigenvalue weighted by Gasteiger charge is 2.00. The van der Waals surface area contributed by atoms with Crippen molar-refractivity contribution in [2.75, 3.05) is 0 Å². The number of hydrogen-bond donors (Lipinski definition) is 0. The van der Waals surface area contributed by atoms with Crippen molar-refractivity contribution in [3.05, 3.63) is 23.8 Å². The van der Waals surface area contributed by atoms with E-state index in [0.29, 0.717) is 5.56 Å². The molecular weight excluding hydrogens is 131 g/mol. The molecule has 0 aliphatic heterocycles. The van der Waals surface area contributed by atoms with Gasteiger partial charge in [0.1, 0.15) is 0 Å². The molecule has 3 heteroatoms. The minimum absolute atomic E-state index is 0.416. The fourth-order valence-corrected chi connectivity index (χ4v) is 0.771. The number of allylic oxidation sites excluding steroid dienone is 1. The van der Waals surface area contributed by atoms with Gasteiger partial charge in [-0.15, -0.1) is 5.10 Å². The lowest BCUT2D eigenvalue weighted by Gasteiger charge is -1.79. The molecule has 0 unspecified atom stereocenters. The first-order chi connectivity index (χ1) is 4.74. The predicted molar refractivity (Wildman–Crippen MR) is 37.9 cm³/mol. The first-order valence-corrected chi connectivity index (χ1v) is 3.06. The number of rotatable bonds is 1. The molecule has 0 radical (unpaired) electrons. The van der Waals surface area contributed by atoms with E-state index in [1.807, 2.05) is 6.92 Å². The van der Waals surface area contributed by atoms with E-state index < -0.39 is 5.95 Å². The van der Waals surface area contributed by atoms with E-state index in [4.69, 9.17) is 0 Å². The van der Waals surface area contributed by atoms with Gasteiger partial charge in [-0.05, 0) is 6.92 Å². The van der Waals surface area contributed by atoms with Gasteiger partial charge in [0, 0.05) is 18.8 Å². The van der Waals surface area contributed by atoms with Crippen LogP contribution in [0, 0.1) is 5.95 Å². The molecule has 0 bridgehead atoms. The molecule has 1 rings (SSSR count). The summed E-state index contributed by atoms with van der Waals surface area (Å²) >= 11 is 0. The summed E-state index contributed by atoms with van der Waals surface area (Å²) < 4.78 is 14.1. The SMILES string of the molecule is C/C=C/c1cn(C)nc1F. The molecule has 0 aromatic carbocycles. The van der Waals surface area contributed by atoms with E-state index in [1.165, 1.54) is 4.68 Å². The largest absolute Gasteiger partial charge is 0.272 e. The van der Waals surface area contributed by atoms with Gasteiger partial charge < -0.3 is 0 Å². The fourth-order valence-electron chi connectivity index (χ4n) is 0.771. The van der Waals surface area contributed by atoms with Gasteiger partial charge in [-0.3, -0.25) is 4.68 Å². The van der Waals surface area contributed by atoms with Gasteiger partial charge in [-0.25, -0.2) is 0 Å². The minimum Gasteiger partial charge on any atom is -0.272 e. The van der Waals surface area contributed by atoms with Gasteiger partial charge in [0.25, 0.3) is 0 Å². The predicted octanol–water partition coefficient (Wildman–Crippen LogP) is 1.59. The second-order valence-electron chi connectivity index (χ2n) is 2.05. The lowest BCUT2D eigenvalue weighted by Crippen LogP contribution is -1.86. The van der Waals surface area contributed by atoms with E-state index in [9.17, 15) is 4.39 Å². The van der Waals surface area contributed by atoms with Crippen molar-refractivity contribution in [1.29, 1.82) is 0 Å². The number of aryl methyl sites for hydroxylation is 1. The van der Waals surface area contributed by atoms with Crippen LogP contribution in [0.2, 0.25) is 0 Å². The first-order valence-electron chi connectivity index (χ1n) is 3.06. The standard InChI is InChI=1S/C7H9FN2/c1-3-4-6-5-10(2)9-7(6)8/h3-5H,1-2H3/b4-3+. The zero-order chi connectivity index (χ0) is 7.56. The molecule has 0 N–H and O–H groups in total. The molecule has 2 nitrogen and oxygen atoms in total. The Morgan fingerprint density at radius 1 is 1.70 bits per heavy atom. The Kier molecular flexibility index (Phi) is 1.85. The average molecular weight is 140 g/mol. The Morgan fingerprint density at radius 2 is 2.40 bits per heavy atom. The quantitative estimate of drug-likeness (QED) is 0.579. The summed E-state index contributed by atoms with van der Waals surface area (Å²) in [5, 5.41) is 3.53. The monoisotopic (exact) mass is 140 g/mol. The third-order valence-electron chi connectivity index (χ3n) is 1.16. The molecule has 1 heterocycles. The summed E-state index contributed by atoms with van der Waals surface area (Å²) in [6.45, 7) is 1.84. The van der Waals surface area contributed by atoms with Gasteiger partial charge >= 0.3 is 0 Å². The van der Waals surface area contributed by atoms with Gasteiger partial charge in [-0.2, -0.15) is 4.39 Å². The van der Waals surface area contributed by atoms with Gasteiger partial charge in [0.15, 0.2) is 0 Å². The van der Waals surface area contributed by atoms with E-state index in [-0.39, 0.29) is 0 Å². The molecule has 1 aromatic heterocycles. The fraction of sp³-hybridized carbons (Fsp3) is 0.286. The van der Waals surface area contributed by atoms with E-state index in [1.54, 1.807) is 25.4 Å². The van der Waals surface area contributed by atoms with Crippen molar-refractivity contribution < 1.29 is 4.39 Å². The van der Waals surface area contributed by atoms with Crippen molar-refractivity contribution in [1.82, 2.24) is 9.78 Å². The molecule has 0 fully saturated rings. The summed E-state index contributed by atoms with van der Waals surface area (Å²) in [5.74, 6) is -0.416. The van der Waals surface area contributed by atoms with Crippen molar-refractivity contribution in [2.24, 2.45) is 7.05 Å². The lowest BCUT2D eigenvalue weighted by atomic mass is 10.3. The Bertz CT molecular complexity index is 250. The molecule has 54 valence electrons. The maximum absolute atomic E-state index is 12.6. The number of nitrogens with zero attached hydrogens (tertiary/aromatic N) is 2. The summed E-state index contributed by atoms with van der Waals surface area (Å²) in [4.78, 5) is 0. The zero-order valence-corrected chi connectivity index (χ0v) is 6.00. The molecule has 0 aliphatic rings. The molecule has 0 saturated heterocycles. The second kappa shape index (κ2) is 2.64. The summed E-state index contributed by atoms with van der Waals surface area (Å²) in [5.41, 5.74) is 0.532. The van der Waals surface area contributed by atoms with Crippen LogP contribution in [0.5, 0.6) is 0 Å². The summed E-state index contributed by atoms with van der Waals surface area (Å²) in [7, 11) is 1.69. The van der Waals surface area contributed by atoms with Crippen molar-refractivity contribution in [2.45, 2.75) is 6.92 Å². The molecule has 0 saturated carbocycles. The molecule has 0 aliphatic carbocycles. The Hall–Kier alpha value is -1.12. The molecular formula is C7H9FN2. The smallest absolute Gasteiger partial charge is 0.239 e. The molecule has 0 atom stereocenters. The van der Waals surface area contributed by atoms with E-state index in [2.05, 4.69) is 5.10 Å². The second-order valence-corrected chi connectivity index (χ2v) is 2.05. The third-order valence-corrected chi connectivity index (χ3v) is 1.16. The highest BCUT2D eigenvalue weighted by atomic mass is 19.1. The topological polar surface area (TPSA) is 17.8 Å². The van der Waals surface area contributed by atoms with E-state index in [0.717, 1.165) is 0 Å².